The highest BCUT2D eigenvalue weighted by molar-refractivity contribution is 6.29. The van der Waals surface area contributed by atoms with E-state index < -0.39 is 0 Å². The second-order valence-electron chi connectivity index (χ2n) is 5.84. The summed E-state index contributed by atoms with van der Waals surface area (Å²) in [6, 6.07) is 13.0. The molecule has 0 aliphatic carbocycles. The molecule has 1 aromatic heterocycles. The first-order chi connectivity index (χ1) is 10.8. The third kappa shape index (κ3) is 3.67. The summed E-state index contributed by atoms with van der Waals surface area (Å²) in [6.45, 7) is 3.54. The molecule has 2 heterocycles. The van der Waals surface area contributed by atoms with Gasteiger partial charge in [-0.1, -0.05) is 35.9 Å². The number of benzene rings is 1. The van der Waals surface area contributed by atoms with Gasteiger partial charge in [0.05, 0.1) is 0 Å². The lowest BCUT2D eigenvalue weighted by atomic mass is 10.0. The van der Waals surface area contributed by atoms with E-state index in [1.807, 2.05) is 19.2 Å². The molecule has 0 spiro atoms. The molecule has 4 heteroatoms. The Hall–Kier alpha value is -1.42. The van der Waals surface area contributed by atoms with E-state index in [1.54, 1.807) is 6.20 Å². The minimum atomic E-state index is 0.383. The molecule has 0 amide bonds. The zero-order valence-electron chi connectivity index (χ0n) is 12.9. The van der Waals surface area contributed by atoms with Crippen LogP contribution in [0.25, 0.3) is 11.1 Å². The van der Waals surface area contributed by atoms with Crippen molar-refractivity contribution in [3.63, 3.8) is 0 Å². The second kappa shape index (κ2) is 7.23. The number of nitrogens with zero attached hydrogens (tertiary/aromatic N) is 2. The molecule has 22 heavy (non-hydrogen) atoms. The van der Waals surface area contributed by atoms with Gasteiger partial charge in [0.1, 0.15) is 5.15 Å². The molecule has 3 rings (SSSR count). The topological polar surface area (TPSA) is 28.2 Å². The van der Waals surface area contributed by atoms with Crippen LogP contribution >= 0.6 is 11.6 Å². The summed E-state index contributed by atoms with van der Waals surface area (Å²) in [6.07, 6.45) is 4.41. The Morgan fingerprint density at radius 3 is 2.50 bits per heavy atom. The Labute approximate surface area is 137 Å². The largest absolute Gasteiger partial charge is 0.312 e. The monoisotopic (exact) mass is 315 g/mol. The van der Waals surface area contributed by atoms with E-state index >= 15 is 0 Å². The number of likely N-dealkylation sites (tertiary alicyclic amines) is 1. The first kappa shape index (κ1) is 15.5. The van der Waals surface area contributed by atoms with Gasteiger partial charge in [0, 0.05) is 18.8 Å². The molecule has 1 fully saturated rings. The van der Waals surface area contributed by atoms with Gasteiger partial charge in [0.15, 0.2) is 0 Å². The van der Waals surface area contributed by atoms with Crippen molar-refractivity contribution in [3.05, 3.63) is 53.3 Å². The fraction of sp³-hybridized carbons (Fsp3) is 0.389. The van der Waals surface area contributed by atoms with Gasteiger partial charge in [-0.3, -0.25) is 0 Å². The molecular formula is C18H22ClN3. The summed E-state index contributed by atoms with van der Waals surface area (Å²) in [7, 11) is 2.04. The Bertz CT molecular complexity index is 606. The quantitative estimate of drug-likeness (QED) is 0.852. The van der Waals surface area contributed by atoms with Gasteiger partial charge in [-0.25, -0.2) is 4.98 Å². The summed E-state index contributed by atoms with van der Waals surface area (Å²) in [5.41, 5.74) is 3.61. The molecule has 1 N–H and O–H groups in total. The number of pyridine rings is 1. The van der Waals surface area contributed by atoms with Crippen LogP contribution in [0, 0.1) is 0 Å². The first-order valence-corrected chi connectivity index (χ1v) is 8.25. The maximum atomic E-state index is 5.97. The molecule has 1 aromatic carbocycles. The summed E-state index contributed by atoms with van der Waals surface area (Å²) in [4.78, 5) is 6.57. The van der Waals surface area contributed by atoms with Gasteiger partial charge >= 0.3 is 0 Å². The Morgan fingerprint density at radius 2 is 1.86 bits per heavy atom. The number of hydrogen-bond donors (Lipinski definition) is 1. The van der Waals surface area contributed by atoms with E-state index in [4.69, 9.17) is 11.6 Å². The van der Waals surface area contributed by atoms with Crippen LogP contribution in [0.4, 0.5) is 0 Å². The predicted molar refractivity (Wildman–Crippen MR) is 92.2 cm³/mol. The highest BCUT2D eigenvalue weighted by Gasteiger charge is 2.17. The van der Waals surface area contributed by atoms with Crippen molar-refractivity contribution in [1.82, 2.24) is 15.2 Å². The molecule has 0 bridgehead atoms. The number of likely N-dealkylation sites (N-methyl/N-ethyl adjacent to an activating group) is 1. The fourth-order valence-electron chi connectivity index (χ4n) is 3.08. The fourth-order valence-corrected chi connectivity index (χ4v) is 3.25. The molecule has 1 aliphatic rings. The smallest absolute Gasteiger partial charge is 0.129 e. The molecule has 1 saturated heterocycles. The standard InChI is InChI=1S/C18H22ClN3/c1-20-17(13-22-10-2-3-11-22)15-6-4-14(5-7-15)16-8-9-21-18(19)12-16/h4-9,12,17,20H,2-3,10-11,13H2,1H3. The molecule has 0 saturated carbocycles. The maximum Gasteiger partial charge on any atom is 0.129 e. The number of nitrogens with one attached hydrogen (secondary N) is 1. The minimum Gasteiger partial charge on any atom is -0.312 e. The SMILES string of the molecule is CNC(CN1CCCC1)c1ccc(-c2ccnc(Cl)c2)cc1. The molecule has 1 unspecified atom stereocenters. The van der Waals surface area contributed by atoms with Gasteiger partial charge in [-0.05, 0) is 61.8 Å². The minimum absolute atomic E-state index is 0.383. The highest BCUT2D eigenvalue weighted by Crippen LogP contribution is 2.24. The second-order valence-corrected chi connectivity index (χ2v) is 6.23. The molecule has 3 nitrogen and oxygen atoms in total. The maximum absolute atomic E-state index is 5.97. The van der Waals surface area contributed by atoms with E-state index in [2.05, 4.69) is 39.5 Å². The Kier molecular flexibility index (Phi) is 5.08. The van der Waals surface area contributed by atoms with E-state index in [9.17, 15) is 0 Å². The number of aromatic nitrogens is 1. The summed E-state index contributed by atoms with van der Waals surface area (Å²) < 4.78 is 0. The van der Waals surface area contributed by atoms with Crippen molar-refractivity contribution < 1.29 is 0 Å². The third-order valence-electron chi connectivity index (χ3n) is 4.36. The van der Waals surface area contributed by atoms with Gasteiger partial charge in [0.25, 0.3) is 0 Å². The van der Waals surface area contributed by atoms with Crippen LogP contribution < -0.4 is 5.32 Å². The highest BCUT2D eigenvalue weighted by atomic mass is 35.5. The molecule has 1 atom stereocenters. The van der Waals surface area contributed by atoms with Crippen LogP contribution in [-0.4, -0.2) is 36.6 Å². The van der Waals surface area contributed by atoms with E-state index in [1.165, 1.54) is 37.1 Å². The van der Waals surface area contributed by atoms with Crippen molar-refractivity contribution in [2.75, 3.05) is 26.7 Å². The molecule has 0 radical (unpaired) electrons. The normalized spacial score (nSPS) is 16.8. The van der Waals surface area contributed by atoms with E-state index in [0.29, 0.717) is 11.2 Å². The zero-order valence-corrected chi connectivity index (χ0v) is 13.7. The van der Waals surface area contributed by atoms with Gasteiger partial charge in [-0.2, -0.15) is 0 Å². The van der Waals surface area contributed by atoms with Crippen molar-refractivity contribution in [1.29, 1.82) is 0 Å². The van der Waals surface area contributed by atoms with Crippen LogP contribution in [0.15, 0.2) is 42.6 Å². The van der Waals surface area contributed by atoms with Crippen molar-refractivity contribution in [2.24, 2.45) is 0 Å². The lowest BCUT2D eigenvalue weighted by Crippen LogP contribution is -2.31. The summed E-state index contributed by atoms with van der Waals surface area (Å²) in [5, 5.41) is 3.97. The van der Waals surface area contributed by atoms with E-state index in [0.717, 1.165) is 12.1 Å². The third-order valence-corrected chi connectivity index (χ3v) is 4.57. The average molecular weight is 316 g/mol. The van der Waals surface area contributed by atoms with Crippen molar-refractivity contribution in [3.8, 4) is 11.1 Å². The molecule has 116 valence electrons. The predicted octanol–water partition coefficient (Wildman–Crippen LogP) is 3.76. The number of halogens is 1. The van der Waals surface area contributed by atoms with Crippen LogP contribution in [0.1, 0.15) is 24.4 Å². The van der Waals surface area contributed by atoms with Gasteiger partial charge < -0.3 is 10.2 Å². The van der Waals surface area contributed by atoms with Gasteiger partial charge in [-0.15, -0.1) is 0 Å². The van der Waals surface area contributed by atoms with Crippen LogP contribution in [0.2, 0.25) is 5.15 Å². The zero-order chi connectivity index (χ0) is 15.4. The van der Waals surface area contributed by atoms with E-state index in [-0.39, 0.29) is 0 Å². The Balaban J connectivity index is 1.74. The van der Waals surface area contributed by atoms with Crippen molar-refractivity contribution in [2.45, 2.75) is 18.9 Å². The van der Waals surface area contributed by atoms with Crippen LogP contribution in [0.5, 0.6) is 0 Å². The summed E-state index contributed by atoms with van der Waals surface area (Å²) >= 11 is 5.97. The lowest BCUT2D eigenvalue weighted by molar-refractivity contribution is 0.299. The van der Waals surface area contributed by atoms with Gasteiger partial charge in [0.2, 0.25) is 0 Å². The van der Waals surface area contributed by atoms with Crippen LogP contribution in [0.3, 0.4) is 0 Å². The van der Waals surface area contributed by atoms with Crippen LogP contribution in [-0.2, 0) is 0 Å². The summed E-state index contributed by atoms with van der Waals surface area (Å²) in [5.74, 6) is 0. The average Bonchev–Trinajstić information content (AvgIpc) is 3.06. The molecular weight excluding hydrogens is 294 g/mol. The van der Waals surface area contributed by atoms with Crippen molar-refractivity contribution >= 4 is 11.6 Å². The Morgan fingerprint density at radius 1 is 1.14 bits per heavy atom. The lowest BCUT2D eigenvalue weighted by Gasteiger charge is -2.23. The number of hydrogen-bond acceptors (Lipinski definition) is 3. The number of rotatable bonds is 5. The molecule has 2 aromatic rings. The first-order valence-electron chi connectivity index (χ1n) is 7.88. The molecule has 1 aliphatic heterocycles.